The van der Waals surface area contributed by atoms with Gasteiger partial charge in [-0.3, -0.25) is 9.69 Å². The number of likely N-dealkylation sites (N-methyl/N-ethyl adjacent to an activating group) is 1. The van der Waals surface area contributed by atoms with Gasteiger partial charge in [-0.1, -0.05) is 36.1 Å². The van der Waals surface area contributed by atoms with Crippen LogP contribution in [0.3, 0.4) is 0 Å². The van der Waals surface area contributed by atoms with Crippen LogP contribution >= 0.6 is 24.0 Å². The minimum absolute atomic E-state index is 0.0105. The molecular weight excluding hydrogens is 288 g/mol. The average Bonchev–Trinajstić information content (AvgIpc) is 3.06. The molecule has 0 aliphatic carbocycles. The smallest absolute Gasteiger partial charge is 0.265 e. The fourth-order valence-corrected chi connectivity index (χ4v) is 3.63. The van der Waals surface area contributed by atoms with E-state index in [9.17, 15) is 4.79 Å². The SMILES string of the molecule is CN1C(=O)C(=Cc2ccc(N3CCCC3)cc2)SC1=S. The van der Waals surface area contributed by atoms with E-state index in [1.807, 2.05) is 6.08 Å². The van der Waals surface area contributed by atoms with Crippen molar-refractivity contribution in [3.63, 3.8) is 0 Å². The van der Waals surface area contributed by atoms with E-state index in [-0.39, 0.29) is 5.91 Å². The Bertz CT molecular complexity index is 574. The Morgan fingerprint density at radius 3 is 2.40 bits per heavy atom. The highest BCUT2D eigenvalue weighted by molar-refractivity contribution is 8.26. The van der Waals surface area contributed by atoms with Crippen LogP contribution in [-0.4, -0.2) is 35.3 Å². The molecule has 0 spiro atoms. The zero-order chi connectivity index (χ0) is 14.1. The number of nitrogens with zero attached hydrogens (tertiary/aromatic N) is 2. The summed E-state index contributed by atoms with van der Waals surface area (Å²) in [7, 11) is 1.72. The van der Waals surface area contributed by atoms with E-state index in [4.69, 9.17) is 12.2 Å². The molecule has 1 amide bonds. The molecular formula is C15H16N2OS2. The van der Waals surface area contributed by atoms with Crippen molar-refractivity contribution < 1.29 is 4.79 Å². The van der Waals surface area contributed by atoms with E-state index in [2.05, 4.69) is 29.2 Å². The predicted molar refractivity (Wildman–Crippen MR) is 88.8 cm³/mol. The van der Waals surface area contributed by atoms with Crippen molar-refractivity contribution in [1.82, 2.24) is 4.90 Å². The standard InChI is InChI=1S/C15H16N2OS2/c1-16-14(18)13(20-15(16)19)10-11-4-6-12(7-5-11)17-8-2-3-9-17/h4-7,10H,2-3,8-9H2,1H3. The van der Waals surface area contributed by atoms with E-state index in [0.717, 1.165) is 18.7 Å². The molecule has 2 saturated heterocycles. The molecule has 0 atom stereocenters. The van der Waals surface area contributed by atoms with Crippen molar-refractivity contribution in [2.45, 2.75) is 12.8 Å². The number of carbonyl (C=O) groups excluding carboxylic acids is 1. The molecule has 3 nitrogen and oxygen atoms in total. The van der Waals surface area contributed by atoms with Crippen LogP contribution in [0.25, 0.3) is 6.08 Å². The molecule has 2 aliphatic heterocycles. The third-order valence-electron chi connectivity index (χ3n) is 3.65. The van der Waals surface area contributed by atoms with Crippen LogP contribution < -0.4 is 4.90 Å². The lowest BCUT2D eigenvalue weighted by Gasteiger charge is -2.17. The molecule has 0 radical (unpaired) electrons. The van der Waals surface area contributed by atoms with Gasteiger partial charge in [0.25, 0.3) is 5.91 Å². The molecule has 1 aromatic rings. The number of thioether (sulfide) groups is 1. The summed E-state index contributed by atoms with van der Waals surface area (Å²) < 4.78 is 0.620. The van der Waals surface area contributed by atoms with Gasteiger partial charge in [0.2, 0.25) is 0 Å². The molecule has 2 fully saturated rings. The van der Waals surface area contributed by atoms with Gasteiger partial charge in [-0.2, -0.15) is 0 Å². The van der Waals surface area contributed by atoms with Crippen molar-refractivity contribution in [2.24, 2.45) is 0 Å². The Kier molecular flexibility index (Phi) is 3.81. The van der Waals surface area contributed by atoms with E-state index in [1.54, 1.807) is 7.05 Å². The highest BCUT2D eigenvalue weighted by Gasteiger charge is 2.28. The third kappa shape index (κ3) is 2.60. The molecule has 0 aromatic heterocycles. The summed E-state index contributed by atoms with van der Waals surface area (Å²) in [4.78, 5) is 16.6. The molecule has 0 saturated carbocycles. The number of benzene rings is 1. The quantitative estimate of drug-likeness (QED) is 0.619. The second-order valence-corrected chi connectivity index (χ2v) is 6.70. The number of rotatable bonds is 2. The largest absolute Gasteiger partial charge is 0.372 e. The lowest BCUT2D eigenvalue weighted by molar-refractivity contribution is -0.121. The molecule has 1 aromatic carbocycles. The van der Waals surface area contributed by atoms with E-state index < -0.39 is 0 Å². The molecule has 3 rings (SSSR count). The van der Waals surface area contributed by atoms with E-state index in [0.29, 0.717) is 9.23 Å². The van der Waals surface area contributed by atoms with Gasteiger partial charge >= 0.3 is 0 Å². The van der Waals surface area contributed by atoms with Gasteiger partial charge in [0.15, 0.2) is 0 Å². The number of thiocarbonyl (C=S) groups is 1. The van der Waals surface area contributed by atoms with Crippen molar-refractivity contribution >= 4 is 46.0 Å². The predicted octanol–water partition coefficient (Wildman–Crippen LogP) is 3.12. The van der Waals surface area contributed by atoms with Crippen LogP contribution in [0.4, 0.5) is 5.69 Å². The summed E-state index contributed by atoms with van der Waals surface area (Å²) in [5.41, 5.74) is 2.31. The summed E-state index contributed by atoms with van der Waals surface area (Å²) >= 11 is 6.49. The molecule has 0 unspecified atom stereocenters. The van der Waals surface area contributed by atoms with Gasteiger partial charge < -0.3 is 4.90 Å². The molecule has 20 heavy (non-hydrogen) atoms. The maximum Gasteiger partial charge on any atom is 0.265 e. The van der Waals surface area contributed by atoms with Gasteiger partial charge in [0, 0.05) is 25.8 Å². The second-order valence-electron chi connectivity index (χ2n) is 5.03. The normalized spacial score (nSPS) is 21.4. The maximum absolute atomic E-state index is 11.9. The topological polar surface area (TPSA) is 23.6 Å². The molecule has 5 heteroatoms. The second kappa shape index (κ2) is 5.58. The third-order valence-corrected chi connectivity index (χ3v) is 5.13. The Hall–Kier alpha value is -1.33. The highest BCUT2D eigenvalue weighted by atomic mass is 32.2. The first-order chi connectivity index (χ1) is 9.65. The minimum atomic E-state index is -0.0105. The van der Waals surface area contributed by atoms with Crippen molar-refractivity contribution in [3.8, 4) is 0 Å². The Balaban J connectivity index is 1.78. The van der Waals surface area contributed by atoms with Crippen molar-refractivity contribution in [3.05, 3.63) is 34.7 Å². The summed E-state index contributed by atoms with van der Waals surface area (Å²) in [6, 6.07) is 8.39. The maximum atomic E-state index is 11.9. The molecule has 2 heterocycles. The first kappa shape index (κ1) is 13.6. The Morgan fingerprint density at radius 2 is 1.85 bits per heavy atom. The van der Waals surface area contributed by atoms with Crippen LogP contribution in [-0.2, 0) is 4.79 Å². The summed E-state index contributed by atoms with van der Waals surface area (Å²) in [5, 5.41) is 0. The zero-order valence-corrected chi connectivity index (χ0v) is 13.0. The van der Waals surface area contributed by atoms with Gasteiger partial charge in [-0.25, -0.2) is 0 Å². The van der Waals surface area contributed by atoms with Crippen LogP contribution in [0.15, 0.2) is 29.2 Å². The van der Waals surface area contributed by atoms with Crippen molar-refractivity contribution in [1.29, 1.82) is 0 Å². The minimum Gasteiger partial charge on any atom is -0.372 e. The monoisotopic (exact) mass is 304 g/mol. The van der Waals surface area contributed by atoms with Crippen LogP contribution in [0.2, 0.25) is 0 Å². The lowest BCUT2D eigenvalue weighted by Crippen LogP contribution is -2.22. The van der Waals surface area contributed by atoms with Crippen molar-refractivity contribution in [2.75, 3.05) is 25.0 Å². The molecule has 104 valence electrons. The van der Waals surface area contributed by atoms with Gasteiger partial charge in [0.05, 0.1) is 4.91 Å². The van der Waals surface area contributed by atoms with Gasteiger partial charge in [-0.05, 0) is 36.6 Å². The number of hydrogen-bond donors (Lipinski definition) is 0. The molecule has 0 N–H and O–H groups in total. The lowest BCUT2D eigenvalue weighted by atomic mass is 10.2. The summed E-state index contributed by atoms with van der Waals surface area (Å²) in [5.74, 6) is -0.0105. The Morgan fingerprint density at radius 1 is 1.20 bits per heavy atom. The first-order valence-electron chi connectivity index (χ1n) is 6.72. The fraction of sp³-hybridized carbons (Fsp3) is 0.333. The van der Waals surface area contributed by atoms with Crippen LogP contribution in [0.1, 0.15) is 18.4 Å². The van der Waals surface area contributed by atoms with Crippen LogP contribution in [0.5, 0.6) is 0 Å². The molecule has 0 bridgehead atoms. The highest BCUT2D eigenvalue weighted by Crippen LogP contribution is 2.31. The number of amides is 1. The van der Waals surface area contributed by atoms with E-state index in [1.165, 1.54) is 35.2 Å². The average molecular weight is 304 g/mol. The summed E-state index contributed by atoms with van der Waals surface area (Å²) in [6.07, 6.45) is 4.47. The fourth-order valence-electron chi connectivity index (χ4n) is 2.45. The van der Waals surface area contributed by atoms with Gasteiger partial charge in [0.1, 0.15) is 4.32 Å². The number of anilines is 1. The van der Waals surface area contributed by atoms with Gasteiger partial charge in [-0.15, -0.1) is 0 Å². The zero-order valence-electron chi connectivity index (χ0n) is 11.3. The summed E-state index contributed by atoms with van der Waals surface area (Å²) in [6.45, 7) is 2.29. The number of carbonyl (C=O) groups is 1. The number of hydrogen-bond acceptors (Lipinski definition) is 4. The first-order valence-corrected chi connectivity index (χ1v) is 7.94. The van der Waals surface area contributed by atoms with E-state index >= 15 is 0 Å². The molecule has 2 aliphatic rings. The van der Waals surface area contributed by atoms with Crippen LogP contribution in [0, 0.1) is 0 Å². The Labute approximate surface area is 128 Å².